The van der Waals surface area contributed by atoms with Gasteiger partial charge in [-0.2, -0.15) is 0 Å². The minimum atomic E-state index is 0.270. The van der Waals surface area contributed by atoms with E-state index in [-0.39, 0.29) is 5.84 Å². The molecule has 2 aromatic heterocycles. The van der Waals surface area contributed by atoms with Gasteiger partial charge in [0.15, 0.2) is 11.5 Å². The summed E-state index contributed by atoms with van der Waals surface area (Å²) in [6.07, 6.45) is 3.15. The van der Waals surface area contributed by atoms with Crippen LogP contribution in [0.15, 0.2) is 48.0 Å². The van der Waals surface area contributed by atoms with Gasteiger partial charge in [0.05, 0.1) is 11.9 Å². The van der Waals surface area contributed by atoms with Gasteiger partial charge in [-0.25, -0.2) is 9.97 Å². The molecule has 0 fully saturated rings. The van der Waals surface area contributed by atoms with Gasteiger partial charge >= 0.3 is 0 Å². The molecule has 1 aromatic carbocycles. The first-order chi connectivity index (χ1) is 9.78. The third-order valence-electron chi connectivity index (χ3n) is 2.76. The summed E-state index contributed by atoms with van der Waals surface area (Å²) in [4.78, 5) is 11.2. The highest BCUT2D eigenvalue weighted by molar-refractivity contribution is 6.31. The zero-order valence-electron chi connectivity index (χ0n) is 10.2. The number of benzene rings is 1. The maximum atomic E-state index is 9.24. The van der Waals surface area contributed by atoms with Crippen LogP contribution in [0.2, 0.25) is 5.02 Å². The summed E-state index contributed by atoms with van der Waals surface area (Å²) in [7, 11) is 0. The number of fused-ring (bicyclic) bond motifs is 1. The summed E-state index contributed by atoms with van der Waals surface area (Å²) in [5.74, 6) is 0.270. The largest absolute Gasteiger partial charge is 0.409 e. The van der Waals surface area contributed by atoms with Crippen LogP contribution in [-0.4, -0.2) is 26.0 Å². The van der Waals surface area contributed by atoms with Crippen LogP contribution in [0.3, 0.4) is 0 Å². The highest BCUT2D eigenvalue weighted by atomic mass is 35.5. The smallest absolute Gasteiger partial charge is 0.179 e. The number of amidine groups is 1. The molecule has 100 valence electrons. The Morgan fingerprint density at radius 3 is 3.00 bits per heavy atom. The van der Waals surface area contributed by atoms with Gasteiger partial charge in [0, 0.05) is 16.9 Å². The Labute approximate surface area is 119 Å². The number of pyridine rings is 1. The van der Waals surface area contributed by atoms with E-state index in [1.165, 1.54) is 6.33 Å². The Balaban J connectivity index is 2.00. The van der Waals surface area contributed by atoms with E-state index in [9.17, 15) is 5.21 Å². The van der Waals surface area contributed by atoms with Crippen LogP contribution >= 0.6 is 11.6 Å². The maximum absolute atomic E-state index is 9.24. The van der Waals surface area contributed by atoms with E-state index in [1.54, 1.807) is 30.5 Å². The minimum Gasteiger partial charge on any atom is -0.409 e. The lowest BCUT2D eigenvalue weighted by Crippen LogP contribution is -2.14. The van der Waals surface area contributed by atoms with Crippen LogP contribution in [0.5, 0.6) is 0 Å². The van der Waals surface area contributed by atoms with Gasteiger partial charge in [0.25, 0.3) is 0 Å². The molecule has 7 heteroatoms. The molecular formula is C13H10ClN5O. The summed E-state index contributed by atoms with van der Waals surface area (Å²) in [6, 6.07) is 8.84. The fourth-order valence-electron chi connectivity index (χ4n) is 1.89. The van der Waals surface area contributed by atoms with Crippen molar-refractivity contribution >= 4 is 34.3 Å². The number of anilines is 1. The number of oxime groups is 1. The van der Waals surface area contributed by atoms with Gasteiger partial charge in [-0.15, -0.1) is 0 Å². The predicted octanol–water partition coefficient (Wildman–Crippen LogP) is 2.86. The molecule has 0 saturated carbocycles. The van der Waals surface area contributed by atoms with Gasteiger partial charge in [0.2, 0.25) is 0 Å². The first-order valence-electron chi connectivity index (χ1n) is 5.81. The second-order valence-corrected chi connectivity index (χ2v) is 4.48. The average molecular weight is 288 g/mol. The number of hydrogen-bond acceptors (Lipinski definition) is 4. The van der Waals surface area contributed by atoms with E-state index < -0.39 is 0 Å². The molecule has 0 aliphatic carbocycles. The van der Waals surface area contributed by atoms with Gasteiger partial charge in [0.1, 0.15) is 5.52 Å². The predicted molar refractivity (Wildman–Crippen MR) is 77.3 cm³/mol. The van der Waals surface area contributed by atoms with Crippen molar-refractivity contribution < 1.29 is 5.21 Å². The molecule has 0 atom stereocenters. The Hall–Kier alpha value is -2.60. The molecule has 0 unspecified atom stereocenters. The van der Waals surface area contributed by atoms with Crippen molar-refractivity contribution in [2.24, 2.45) is 5.16 Å². The maximum Gasteiger partial charge on any atom is 0.179 e. The summed E-state index contributed by atoms with van der Waals surface area (Å²) in [6.45, 7) is 0. The van der Waals surface area contributed by atoms with Crippen molar-refractivity contribution in [1.29, 1.82) is 0 Å². The second-order valence-electron chi connectivity index (χ2n) is 4.04. The summed E-state index contributed by atoms with van der Waals surface area (Å²) in [5, 5.41) is 16.1. The highest BCUT2D eigenvalue weighted by Gasteiger charge is 2.12. The number of halogens is 1. The number of H-pyrrole nitrogens is 1. The first kappa shape index (κ1) is 12.4. The molecule has 20 heavy (non-hydrogen) atoms. The Kier molecular flexibility index (Phi) is 3.22. The topological polar surface area (TPSA) is 86.2 Å². The van der Waals surface area contributed by atoms with Crippen molar-refractivity contribution in [3.63, 3.8) is 0 Å². The molecule has 3 N–H and O–H groups in total. The zero-order valence-corrected chi connectivity index (χ0v) is 11.0. The number of aromatic nitrogens is 3. The Morgan fingerprint density at radius 2 is 2.20 bits per heavy atom. The molecule has 2 heterocycles. The van der Waals surface area contributed by atoms with E-state index >= 15 is 0 Å². The monoisotopic (exact) mass is 287 g/mol. The molecule has 0 amide bonds. The Morgan fingerprint density at radius 1 is 1.30 bits per heavy atom. The number of aromatic amines is 1. The highest BCUT2D eigenvalue weighted by Crippen LogP contribution is 2.18. The lowest BCUT2D eigenvalue weighted by molar-refractivity contribution is 0.319. The molecule has 3 aromatic rings. The van der Waals surface area contributed by atoms with E-state index in [0.717, 1.165) is 0 Å². The van der Waals surface area contributed by atoms with Crippen LogP contribution in [0.4, 0.5) is 5.69 Å². The molecule has 0 spiro atoms. The van der Waals surface area contributed by atoms with E-state index in [4.69, 9.17) is 11.6 Å². The van der Waals surface area contributed by atoms with Crippen molar-refractivity contribution in [2.45, 2.75) is 0 Å². The number of hydrogen-bond donors (Lipinski definition) is 3. The van der Waals surface area contributed by atoms with Crippen LogP contribution in [-0.2, 0) is 0 Å². The molecule has 3 rings (SSSR count). The molecule has 0 aliphatic rings. The standard InChI is InChI=1S/C13H10ClN5O/c14-8-2-1-3-9(6-8)18-12(19-20)10-4-5-15-13-11(10)16-7-17-13/h1-7,20H,(H,18,19)(H,15,16,17). The van der Waals surface area contributed by atoms with Crippen LogP contribution in [0.1, 0.15) is 5.56 Å². The molecular weight excluding hydrogens is 278 g/mol. The van der Waals surface area contributed by atoms with Crippen molar-refractivity contribution in [1.82, 2.24) is 15.0 Å². The molecule has 6 nitrogen and oxygen atoms in total. The van der Waals surface area contributed by atoms with Crippen LogP contribution in [0, 0.1) is 0 Å². The Bertz CT molecular complexity index is 783. The number of imidazole rings is 1. The third-order valence-corrected chi connectivity index (χ3v) is 3.00. The van der Waals surface area contributed by atoms with Gasteiger partial charge in [-0.3, -0.25) is 0 Å². The number of rotatable bonds is 2. The third kappa shape index (κ3) is 2.28. The van der Waals surface area contributed by atoms with Crippen LogP contribution in [0.25, 0.3) is 11.2 Å². The van der Waals surface area contributed by atoms with Crippen molar-refractivity contribution in [3.05, 3.63) is 53.4 Å². The summed E-state index contributed by atoms with van der Waals surface area (Å²) >= 11 is 5.93. The molecule has 0 saturated heterocycles. The summed E-state index contributed by atoms with van der Waals surface area (Å²) in [5.41, 5.74) is 2.59. The lowest BCUT2D eigenvalue weighted by atomic mass is 10.2. The summed E-state index contributed by atoms with van der Waals surface area (Å²) < 4.78 is 0. The number of nitrogens with zero attached hydrogens (tertiary/aromatic N) is 3. The SMILES string of the molecule is O/N=C(/Nc1cccc(Cl)c1)c1ccnc2[nH]cnc12. The fourth-order valence-corrected chi connectivity index (χ4v) is 2.08. The normalized spacial score (nSPS) is 11.8. The van der Waals surface area contributed by atoms with E-state index in [2.05, 4.69) is 25.4 Å². The van der Waals surface area contributed by atoms with E-state index in [1.807, 2.05) is 6.07 Å². The van der Waals surface area contributed by atoms with Crippen molar-refractivity contribution in [2.75, 3.05) is 5.32 Å². The van der Waals surface area contributed by atoms with Gasteiger partial charge in [-0.1, -0.05) is 22.8 Å². The molecule has 0 bridgehead atoms. The minimum absolute atomic E-state index is 0.270. The zero-order chi connectivity index (χ0) is 13.9. The van der Waals surface area contributed by atoms with Gasteiger partial charge < -0.3 is 15.5 Å². The quantitative estimate of drug-likeness (QED) is 0.293. The van der Waals surface area contributed by atoms with Gasteiger partial charge in [-0.05, 0) is 24.3 Å². The molecule has 0 aliphatic heterocycles. The first-order valence-corrected chi connectivity index (χ1v) is 6.19. The second kappa shape index (κ2) is 5.18. The van der Waals surface area contributed by atoms with E-state index in [0.29, 0.717) is 27.4 Å². The fraction of sp³-hybridized carbons (Fsp3) is 0. The average Bonchev–Trinajstić information content (AvgIpc) is 2.93. The number of nitrogens with one attached hydrogen (secondary N) is 2. The molecule has 0 radical (unpaired) electrons. The van der Waals surface area contributed by atoms with Crippen LogP contribution < -0.4 is 5.32 Å². The lowest BCUT2D eigenvalue weighted by Gasteiger charge is -2.08. The van der Waals surface area contributed by atoms with Crippen molar-refractivity contribution in [3.8, 4) is 0 Å².